The maximum absolute atomic E-state index is 14.5. The van der Waals surface area contributed by atoms with Gasteiger partial charge in [0.1, 0.15) is 18.0 Å². The summed E-state index contributed by atoms with van der Waals surface area (Å²) in [7, 11) is -4.29. The van der Waals surface area contributed by atoms with Gasteiger partial charge in [0.15, 0.2) is 5.82 Å². The van der Waals surface area contributed by atoms with Crippen molar-refractivity contribution in [3.63, 3.8) is 0 Å². The molecule has 144 valence electrons. The van der Waals surface area contributed by atoms with Gasteiger partial charge in [-0.3, -0.25) is 14.6 Å². The van der Waals surface area contributed by atoms with E-state index in [1.54, 1.807) is 11.6 Å². The topological polar surface area (TPSA) is 154 Å². The lowest BCUT2D eigenvalue weighted by molar-refractivity contribution is -0.117. The number of rotatable bonds is 5. The van der Waals surface area contributed by atoms with Crippen LogP contribution in [-0.2, 0) is 15.0 Å². The summed E-state index contributed by atoms with van der Waals surface area (Å²) in [4.78, 5) is 29.2. The summed E-state index contributed by atoms with van der Waals surface area (Å²) < 4.78 is 45.3. The zero-order valence-electron chi connectivity index (χ0n) is 13.8. The second kappa shape index (κ2) is 6.75. The first kappa shape index (κ1) is 18.4. The monoisotopic (exact) mass is 399 g/mol. The summed E-state index contributed by atoms with van der Waals surface area (Å²) >= 11 is 0. The van der Waals surface area contributed by atoms with E-state index in [2.05, 4.69) is 15.3 Å². The molecule has 0 unspecified atom stereocenters. The SMILES string of the molecule is CCOc1cc(=O)[nH]c(Nc2cc(O)c(N3CC(=O)NS3(=O)=O)c(F)c2)n1. The van der Waals surface area contributed by atoms with Gasteiger partial charge in [-0.1, -0.05) is 0 Å². The summed E-state index contributed by atoms with van der Waals surface area (Å²) in [5, 5.41) is 12.7. The molecule has 3 rings (SSSR count). The van der Waals surface area contributed by atoms with Crippen LogP contribution in [0.5, 0.6) is 11.6 Å². The summed E-state index contributed by atoms with van der Waals surface area (Å²) in [6.45, 7) is 1.32. The molecule has 0 spiro atoms. The Morgan fingerprint density at radius 2 is 2.11 bits per heavy atom. The van der Waals surface area contributed by atoms with Crippen molar-refractivity contribution in [2.24, 2.45) is 0 Å². The lowest BCUT2D eigenvalue weighted by Crippen LogP contribution is -2.30. The van der Waals surface area contributed by atoms with Gasteiger partial charge in [-0.15, -0.1) is 0 Å². The van der Waals surface area contributed by atoms with Crippen LogP contribution in [-0.4, -0.2) is 42.6 Å². The van der Waals surface area contributed by atoms with E-state index in [1.807, 2.05) is 0 Å². The molecule has 0 saturated carbocycles. The average Bonchev–Trinajstić information content (AvgIpc) is 2.79. The van der Waals surface area contributed by atoms with Crippen LogP contribution in [0.4, 0.5) is 21.7 Å². The van der Waals surface area contributed by atoms with Crippen LogP contribution in [0.1, 0.15) is 6.92 Å². The number of hydrogen-bond donors (Lipinski definition) is 4. The molecule has 1 aliphatic heterocycles. The van der Waals surface area contributed by atoms with Gasteiger partial charge in [-0.25, -0.2) is 13.4 Å². The second-order valence-corrected chi connectivity index (χ2v) is 6.95. The van der Waals surface area contributed by atoms with Crippen molar-refractivity contribution in [1.82, 2.24) is 14.7 Å². The highest BCUT2D eigenvalue weighted by molar-refractivity contribution is 7.92. The number of carbonyl (C=O) groups is 1. The first-order valence-corrected chi connectivity index (χ1v) is 9.00. The van der Waals surface area contributed by atoms with Gasteiger partial charge < -0.3 is 15.2 Å². The van der Waals surface area contributed by atoms with E-state index in [1.165, 1.54) is 0 Å². The van der Waals surface area contributed by atoms with Crippen LogP contribution >= 0.6 is 0 Å². The van der Waals surface area contributed by atoms with Crippen LogP contribution in [0.3, 0.4) is 0 Å². The number of phenolic OH excluding ortho intramolecular Hbond substituents is 1. The van der Waals surface area contributed by atoms with Gasteiger partial charge in [-0.05, 0) is 13.0 Å². The Balaban J connectivity index is 1.94. The average molecular weight is 399 g/mol. The van der Waals surface area contributed by atoms with Gasteiger partial charge in [0.05, 0.1) is 12.7 Å². The molecule has 0 radical (unpaired) electrons. The third-order valence-corrected chi connectivity index (χ3v) is 4.76. The lowest BCUT2D eigenvalue weighted by Gasteiger charge is -2.18. The first-order chi connectivity index (χ1) is 12.7. The molecule has 1 amide bonds. The van der Waals surface area contributed by atoms with E-state index in [4.69, 9.17) is 4.74 Å². The number of halogens is 1. The number of benzene rings is 1. The number of aromatic hydroxyl groups is 1. The largest absolute Gasteiger partial charge is 0.506 e. The highest BCUT2D eigenvalue weighted by atomic mass is 32.2. The number of amides is 1. The van der Waals surface area contributed by atoms with Crippen molar-refractivity contribution in [3.05, 3.63) is 34.4 Å². The van der Waals surface area contributed by atoms with Gasteiger partial charge in [-0.2, -0.15) is 13.4 Å². The molecule has 1 saturated heterocycles. The van der Waals surface area contributed by atoms with Crippen molar-refractivity contribution in [1.29, 1.82) is 0 Å². The highest BCUT2D eigenvalue weighted by Gasteiger charge is 2.37. The van der Waals surface area contributed by atoms with Crippen molar-refractivity contribution in [2.75, 3.05) is 22.8 Å². The second-order valence-electron chi connectivity index (χ2n) is 5.35. The number of anilines is 3. The number of aromatic nitrogens is 2. The summed E-state index contributed by atoms with van der Waals surface area (Å²) in [6.07, 6.45) is 0. The summed E-state index contributed by atoms with van der Waals surface area (Å²) in [6, 6.07) is 3.02. The molecule has 0 bridgehead atoms. The molecule has 13 heteroatoms. The normalized spacial score (nSPS) is 15.5. The first-order valence-electron chi connectivity index (χ1n) is 7.56. The van der Waals surface area contributed by atoms with E-state index < -0.39 is 45.5 Å². The Hall–Kier alpha value is -3.35. The highest BCUT2D eigenvalue weighted by Crippen LogP contribution is 2.36. The molecular weight excluding hydrogens is 385 g/mol. The molecule has 2 aromatic rings. The van der Waals surface area contributed by atoms with Gasteiger partial charge in [0, 0.05) is 11.8 Å². The van der Waals surface area contributed by atoms with Crippen LogP contribution in [0.25, 0.3) is 0 Å². The van der Waals surface area contributed by atoms with Crippen LogP contribution in [0, 0.1) is 5.82 Å². The van der Waals surface area contributed by atoms with E-state index in [0.717, 1.165) is 18.2 Å². The number of nitrogens with one attached hydrogen (secondary N) is 3. The van der Waals surface area contributed by atoms with Crippen molar-refractivity contribution >= 4 is 33.4 Å². The predicted octanol–water partition coefficient (Wildman–Crippen LogP) is -0.0621. The van der Waals surface area contributed by atoms with Gasteiger partial charge >= 0.3 is 10.2 Å². The molecular formula is C14H14FN5O6S. The fourth-order valence-electron chi connectivity index (χ4n) is 2.40. The van der Waals surface area contributed by atoms with Crippen LogP contribution in [0.2, 0.25) is 0 Å². The third kappa shape index (κ3) is 3.76. The maximum Gasteiger partial charge on any atom is 0.326 e. The van der Waals surface area contributed by atoms with E-state index in [0.29, 0.717) is 4.31 Å². The molecule has 2 heterocycles. The van der Waals surface area contributed by atoms with Crippen molar-refractivity contribution < 1.29 is 27.4 Å². The Kier molecular flexibility index (Phi) is 4.61. The minimum absolute atomic E-state index is 0.0265. The number of phenols is 1. The lowest BCUT2D eigenvalue weighted by atomic mass is 10.2. The number of ether oxygens (including phenoxy) is 1. The zero-order valence-corrected chi connectivity index (χ0v) is 14.6. The molecule has 1 fully saturated rings. The van der Waals surface area contributed by atoms with Crippen molar-refractivity contribution in [2.45, 2.75) is 6.92 Å². The predicted molar refractivity (Wildman–Crippen MR) is 91.8 cm³/mol. The summed E-state index contributed by atoms with van der Waals surface area (Å²) in [5.41, 5.74) is -1.23. The van der Waals surface area contributed by atoms with Crippen LogP contribution in [0.15, 0.2) is 23.0 Å². The smallest absolute Gasteiger partial charge is 0.326 e. The Labute approximate surface area is 152 Å². The number of hydrogen-bond acceptors (Lipinski definition) is 8. The number of nitrogens with zero attached hydrogens (tertiary/aromatic N) is 2. The Bertz CT molecular complexity index is 1050. The standard InChI is InChI=1S/C14H14FN5O6S/c1-2-26-12-5-10(22)17-14(18-12)16-7-3-8(15)13(9(21)4-7)20-6-11(23)19-27(20,24)25/h3-5,21H,2,6H2,1H3,(H,19,23)(H2,16,17,18,22). The van der Waals surface area contributed by atoms with E-state index >= 15 is 0 Å². The minimum atomic E-state index is -4.29. The van der Waals surface area contributed by atoms with E-state index in [9.17, 15) is 27.5 Å². The molecule has 1 aromatic heterocycles. The Morgan fingerprint density at radius 1 is 1.37 bits per heavy atom. The van der Waals surface area contributed by atoms with E-state index in [-0.39, 0.29) is 24.1 Å². The molecule has 0 atom stereocenters. The molecule has 4 N–H and O–H groups in total. The van der Waals surface area contributed by atoms with Gasteiger partial charge in [0.25, 0.3) is 11.5 Å². The number of H-pyrrole nitrogens is 1. The summed E-state index contributed by atoms with van der Waals surface area (Å²) in [5.74, 6) is -2.74. The fourth-order valence-corrected chi connectivity index (χ4v) is 3.57. The molecule has 27 heavy (non-hydrogen) atoms. The maximum atomic E-state index is 14.5. The zero-order chi connectivity index (χ0) is 19.8. The number of carbonyl (C=O) groups excluding carboxylic acids is 1. The minimum Gasteiger partial charge on any atom is -0.506 e. The fraction of sp³-hybridized carbons (Fsp3) is 0.214. The van der Waals surface area contributed by atoms with Crippen LogP contribution < -0.4 is 24.6 Å². The number of aromatic amines is 1. The molecule has 0 aliphatic carbocycles. The molecule has 11 nitrogen and oxygen atoms in total. The quantitative estimate of drug-likeness (QED) is 0.545. The third-order valence-electron chi connectivity index (χ3n) is 3.39. The van der Waals surface area contributed by atoms with Crippen molar-refractivity contribution in [3.8, 4) is 11.6 Å². The molecule has 1 aliphatic rings. The molecule has 1 aromatic carbocycles. The van der Waals surface area contributed by atoms with Gasteiger partial charge in [0.2, 0.25) is 11.8 Å². The Morgan fingerprint density at radius 3 is 2.70 bits per heavy atom.